The standard InChI is InChI=1S/C21H15ClFNS/c22-16-9-5-14(6-10-16)19-13-21(15-7-11-17(23)12-8-15)25-20-4-2-1-3-18(20)24-19/h1-12,21H,13H2. The maximum atomic E-state index is 13.3. The van der Waals surface area contributed by atoms with Crippen molar-refractivity contribution in [3.05, 3.63) is 94.8 Å². The lowest BCUT2D eigenvalue weighted by Crippen LogP contribution is -2.05. The molecule has 0 aliphatic carbocycles. The van der Waals surface area contributed by atoms with E-state index in [1.54, 1.807) is 11.8 Å². The highest BCUT2D eigenvalue weighted by Gasteiger charge is 2.22. The Kier molecular flexibility index (Phi) is 4.60. The summed E-state index contributed by atoms with van der Waals surface area (Å²) < 4.78 is 13.3. The maximum Gasteiger partial charge on any atom is 0.123 e. The van der Waals surface area contributed by atoms with Crippen molar-refractivity contribution in [3.63, 3.8) is 0 Å². The maximum absolute atomic E-state index is 13.3. The molecule has 1 unspecified atom stereocenters. The molecule has 4 heteroatoms. The minimum atomic E-state index is -0.214. The van der Waals surface area contributed by atoms with Crippen molar-refractivity contribution in [2.75, 3.05) is 0 Å². The zero-order chi connectivity index (χ0) is 17.2. The summed E-state index contributed by atoms with van der Waals surface area (Å²) in [4.78, 5) is 6.05. The smallest absolute Gasteiger partial charge is 0.123 e. The van der Waals surface area contributed by atoms with Gasteiger partial charge in [-0.3, -0.25) is 4.99 Å². The van der Waals surface area contributed by atoms with E-state index in [9.17, 15) is 4.39 Å². The second-order valence-electron chi connectivity index (χ2n) is 5.90. The third-order valence-electron chi connectivity index (χ3n) is 4.19. The van der Waals surface area contributed by atoms with Crippen molar-refractivity contribution in [1.82, 2.24) is 0 Å². The molecule has 1 aliphatic heterocycles. The molecule has 1 atom stereocenters. The van der Waals surface area contributed by atoms with Gasteiger partial charge in [0.25, 0.3) is 0 Å². The summed E-state index contributed by atoms with van der Waals surface area (Å²) >= 11 is 7.80. The zero-order valence-electron chi connectivity index (χ0n) is 13.3. The average molecular weight is 368 g/mol. The van der Waals surface area contributed by atoms with Gasteiger partial charge in [-0.05, 0) is 47.5 Å². The molecule has 0 amide bonds. The lowest BCUT2D eigenvalue weighted by atomic mass is 10.0. The molecule has 1 aliphatic rings. The molecule has 124 valence electrons. The molecule has 1 heterocycles. The summed E-state index contributed by atoms with van der Waals surface area (Å²) in [5.74, 6) is -0.214. The highest BCUT2D eigenvalue weighted by Crippen LogP contribution is 2.45. The molecule has 0 fully saturated rings. The van der Waals surface area contributed by atoms with E-state index in [4.69, 9.17) is 16.6 Å². The zero-order valence-corrected chi connectivity index (χ0v) is 14.9. The van der Waals surface area contributed by atoms with Crippen molar-refractivity contribution < 1.29 is 4.39 Å². The minimum absolute atomic E-state index is 0.179. The second kappa shape index (κ2) is 7.03. The van der Waals surface area contributed by atoms with Gasteiger partial charge in [0, 0.05) is 27.3 Å². The van der Waals surface area contributed by atoms with Crippen molar-refractivity contribution in [2.24, 2.45) is 4.99 Å². The van der Waals surface area contributed by atoms with Gasteiger partial charge in [-0.15, -0.1) is 11.8 Å². The largest absolute Gasteiger partial charge is 0.252 e. The highest BCUT2D eigenvalue weighted by atomic mass is 35.5. The molecule has 0 saturated heterocycles. The first-order chi connectivity index (χ1) is 12.2. The molecule has 4 rings (SSSR count). The summed E-state index contributed by atoms with van der Waals surface area (Å²) in [6.07, 6.45) is 0.770. The van der Waals surface area contributed by atoms with Crippen molar-refractivity contribution in [1.29, 1.82) is 0 Å². The fourth-order valence-corrected chi connectivity index (χ4v) is 4.26. The predicted octanol–water partition coefficient (Wildman–Crippen LogP) is 6.84. The molecule has 0 aromatic heterocycles. The van der Waals surface area contributed by atoms with E-state index >= 15 is 0 Å². The fraction of sp³-hybridized carbons (Fsp3) is 0.0952. The van der Waals surface area contributed by atoms with Gasteiger partial charge in [0.2, 0.25) is 0 Å². The number of nitrogens with zero attached hydrogens (tertiary/aromatic N) is 1. The summed E-state index contributed by atoms with van der Waals surface area (Å²) in [5.41, 5.74) is 4.16. The number of aliphatic imine (C=N–C) groups is 1. The topological polar surface area (TPSA) is 12.4 Å². The Morgan fingerprint density at radius 3 is 2.40 bits per heavy atom. The van der Waals surface area contributed by atoms with Crippen LogP contribution in [0.5, 0.6) is 0 Å². The summed E-state index contributed by atoms with van der Waals surface area (Å²) in [7, 11) is 0. The van der Waals surface area contributed by atoms with Crippen LogP contribution in [0.4, 0.5) is 10.1 Å². The number of para-hydroxylation sites is 1. The van der Waals surface area contributed by atoms with Crippen molar-refractivity contribution in [2.45, 2.75) is 16.6 Å². The van der Waals surface area contributed by atoms with Crippen LogP contribution in [0.25, 0.3) is 0 Å². The van der Waals surface area contributed by atoms with E-state index < -0.39 is 0 Å². The number of hydrogen-bond donors (Lipinski definition) is 0. The lowest BCUT2D eigenvalue weighted by molar-refractivity contribution is 0.627. The van der Waals surface area contributed by atoms with Gasteiger partial charge in [-0.1, -0.05) is 48.0 Å². The molecule has 0 spiro atoms. The Labute approximate surface area is 155 Å². The van der Waals surface area contributed by atoms with Crippen LogP contribution in [0, 0.1) is 5.82 Å². The number of hydrogen-bond acceptors (Lipinski definition) is 2. The van der Waals surface area contributed by atoms with Gasteiger partial charge in [-0.25, -0.2) is 4.39 Å². The number of rotatable bonds is 2. The molecule has 25 heavy (non-hydrogen) atoms. The Balaban J connectivity index is 1.78. The molecule has 0 N–H and O–H groups in total. The summed E-state index contributed by atoms with van der Waals surface area (Å²) in [6.45, 7) is 0. The van der Waals surface area contributed by atoms with Crippen LogP contribution in [0.2, 0.25) is 5.02 Å². The molecule has 0 saturated carbocycles. The monoisotopic (exact) mass is 367 g/mol. The third-order valence-corrected chi connectivity index (χ3v) is 5.76. The van der Waals surface area contributed by atoms with Crippen LogP contribution in [0.1, 0.15) is 22.8 Å². The molecular weight excluding hydrogens is 353 g/mol. The van der Waals surface area contributed by atoms with Gasteiger partial charge in [0.05, 0.1) is 5.69 Å². The van der Waals surface area contributed by atoms with Gasteiger partial charge >= 0.3 is 0 Å². The van der Waals surface area contributed by atoms with E-state index in [0.717, 1.165) is 33.8 Å². The van der Waals surface area contributed by atoms with Crippen LogP contribution in [0.3, 0.4) is 0 Å². The quantitative estimate of drug-likeness (QED) is 0.483. The molecule has 0 bridgehead atoms. The second-order valence-corrected chi connectivity index (χ2v) is 7.58. The van der Waals surface area contributed by atoms with Crippen LogP contribution in [-0.2, 0) is 0 Å². The predicted molar refractivity (Wildman–Crippen MR) is 104 cm³/mol. The van der Waals surface area contributed by atoms with E-state index in [1.807, 2.05) is 54.6 Å². The van der Waals surface area contributed by atoms with Crippen LogP contribution in [-0.4, -0.2) is 5.71 Å². The van der Waals surface area contributed by atoms with Crippen LogP contribution >= 0.6 is 23.4 Å². The normalized spacial score (nSPS) is 16.7. The van der Waals surface area contributed by atoms with E-state index in [1.165, 1.54) is 12.1 Å². The van der Waals surface area contributed by atoms with Crippen molar-refractivity contribution >= 4 is 34.8 Å². The summed E-state index contributed by atoms with van der Waals surface area (Å²) in [6, 6.07) is 22.7. The Morgan fingerprint density at radius 2 is 1.64 bits per heavy atom. The first kappa shape index (κ1) is 16.4. The third kappa shape index (κ3) is 3.63. The first-order valence-electron chi connectivity index (χ1n) is 8.04. The van der Waals surface area contributed by atoms with E-state index in [2.05, 4.69) is 6.07 Å². The van der Waals surface area contributed by atoms with Crippen molar-refractivity contribution in [3.8, 4) is 0 Å². The Hall–Kier alpha value is -2.10. The lowest BCUT2D eigenvalue weighted by Gasteiger charge is -2.16. The Morgan fingerprint density at radius 1 is 0.920 bits per heavy atom. The molecule has 3 aromatic carbocycles. The molecule has 3 aromatic rings. The molecule has 0 radical (unpaired) electrons. The number of benzene rings is 3. The van der Waals surface area contributed by atoms with Crippen LogP contribution < -0.4 is 0 Å². The molecule has 1 nitrogen and oxygen atoms in total. The molecular formula is C21H15ClFNS. The number of thioether (sulfide) groups is 1. The van der Waals surface area contributed by atoms with Gasteiger partial charge < -0.3 is 0 Å². The van der Waals surface area contributed by atoms with E-state index in [0.29, 0.717) is 5.02 Å². The minimum Gasteiger partial charge on any atom is -0.252 e. The van der Waals surface area contributed by atoms with Gasteiger partial charge in [-0.2, -0.15) is 0 Å². The average Bonchev–Trinajstić information content (AvgIpc) is 2.82. The number of halogens is 2. The Bertz CT molecular complexity index is 919. The first-order valence-corrected chi connectivity index (χ1v) is 9.29. The number of fused-ring (bicyclic) bond motifs is 1. The van der Waals surface area contributed by atoms with Gasteiger partial charge in [0.1, 0.15) is 5.82 Å². The van der Waals surface area contributed by atoms with E-state index in [-0.39, 0.29) is 11.1 Å². The van der Waals surface area contributed by atoms with Crippen LogP contribution in [0.15, 0.2) is 82.7 Å². The summed E-state index contributed by atoms with van der Waals surface area (Å²) in [5, 5.41) is 0.890. The highest BCUT2D eigenvalue weighted by molar-refractivity contribution is 7.99. The van der Waals surface area contributed by atoms with Gasteiger partial charge in [0.15, 0.2) is 0 Å². The SMILES string of the molecule is Fc1ccc(C2CC(c3ccc(Cl)cc3)=Nc3ccccc3S2)cc1. The fourth-order valence-electron chi connectivity index (χ4n) is 2.90.